The van der Waals surface area contributed by atoms with Crippen molar-refractivity contribution in [3.8, 4) is 11.8 Å². The van der Waals surface area contributed by atoms with Gasteiger partial charge in [-0.2, -0.15) is 0 Å². The van der Waals surface area contributed by atoms with Crippen LogP contribution in [0.2, 0.25) is 10.0 Å². The maximum absolute atomic E-state index is 12.2. The summed E-state index contributed by atoms with van der Waals surface area (Å²) in [6.07, 6.45) is 0. The number of rotatable bonds is 2. The highest BCUT2D eigenvalue weighted by Gasteiger charge is 2.15. The summed E-state index contributed by atoms with van der Waals surface area (Å²) in [7, 11) is 0. The van der Waals surface area contributed by atoms with E-state index in [4.69, 9.17) is 28.9 Å². The van der Waals surface area contributed by atoms with Crippen LogP contribution in [-0.4, -0.2) is 17.4 Å². The Bertz CT molecular complexity index is 715. The van der Waals surface area contributed by atoms with Crippen LogP contribution < -0.4 is 11.1 Å². The van der Waals surface area contributed by atoms with E-state index >= 15 is 0 Å². The molecule has 1 aromatic heterocycles. The summed E-state index contributed by atoms with van der Waals surface area (Å²) >= 11 is 12.0. The summed E-state index contributed by atoms with van der Waals surface area (Å²) < 4.78 is 0. The third-order valence-electron chi connectivity index (χ3n) is 2.50. The van der Waals surface area contributed by atoms with Crippen LogP contribution in [0.3, 0.4) is 0 Å². The van der Waals surface area contributed by atoms with Gasteiger partial charge in [0.2, 0.25) is 0 Å². The Kier molecular flexibility index (Phi) is 5.18. The number of nitrogens with one attached hydrogen (secondary N) is 1. The summed E-state index contributed by atoms with van der Waals surface area (Å²) in [5, 5.41) is 3.19. The summed E-state index contributed by atoms with van der Waals surface area (Å²) in [4.78, 5) is 16.4. The van der Waals surface area contributed by atoms with E-state index in [-0.39, 0.29) is 22.2 Å². The smallest absolute Gasteiger partial charge is 0.259 e. The van der Waals surface area contributed by atoms with Crippen LogP contribution in [0.4, 0.5) is 5.82 Å². The van der Waals surface area contributed by atoms with Gasteiger partial charge in [-0.25, -0.2) is 4.98 Å². The quantitative estimate of drug-likeness (QED) is 0.836. The van der Waals surface area contributed by atoms with Crippen LogP contribution in [0.15, 0.2) is 36.4 Å². The molecule has 0 spiro atoms. The van der Waals surface area contributed by atoms with Crippen molar-refractivity contribution in [1.29, 1.82) is 0 Å². The van der Waals surface area contributed by atoms with Crippen molar-refractivity contribution in [3.63, 3.8) is 0 Å². The van der Waals surface area contributed by atoms with E-state index in [0.29, 0.717) is 11.5 Å². The Morgan fingerprint density at radius 1 is 1.19 bits per heavy atom. The molecule has 0 atom stereocenters. The number of amides is 1. The van der Waals surface area contributed by atoms with Crippen molar-refractivity contribution in [1.82, 2.24) is 4.98 Å². The zero-order valence-corrected chi connectivity index (χ0v) is 12.4. The fraction of sp³-hybridized carbons (Fsp3) is 0.0667. The van der Waals surface area contributed by atoms with Crippen LogP contribution in [0.1, 0.15) is 16.1 Å². The summed E-state index contributed by atoms with van der Waals surface area (Å²) in [5.41, 5.74) is 6.03. The Morgan fingerprint density at radius 2 is 1.86 bits per heavy atom. The monoisotopic (exact) mass is 319 g/mol. The lowest BCUT2D eigenvalue weighted by molar-refractivity contribution is 0.102. The van der Waals surface area contributed by atoms with Gasteiger partial charge in [0.25, 0.3) is 5.91 Å². The molecule has 1 amide bonds. The predicted octanol–water partition coefficient (Wildman–Crippen LogP) is 2.95. The molecule has 0 fully saturated rings. The van der Waals surface area contributed by atoms with Crippen LogP contribution >= 0.6 is 23.2 Å². The second-order valence-electron chi connectivity index (χ2n) is 3.96. The molecule has 21 heavy (non-hydrogen) atoms. The van der Waals surface area contributed by atoms with Gasteiger partial charge in [-0.1, -0.05) is 41.3 Å². The zero-order chi connectivity index (χ0) is 15.2. The normalized spacial score (nSPS) is 9.67. The lowest BCUT2D eigenvalue weighted by Gasteiger charge is -2.07. The highest BCUT2D eigenvalue weighted by Crippen LogP contribution is 2.24. The van der Waals surface area contributed by atoms with Crippen molar-refractivity contribution in [3.05, 3.63) is 57.7 Å². The summed E-state index contributed by atoms with van der Waals surface area (Å²) in [6, 6.07) is 9.97. The number of nitrogens with zero attached hydrogens (tertiary/aromatic N) is 1. The molecule has 0 bridgehead atoms. The molecule has 106 valence electrons. The second kappa shape index (κ2) is 7.09. The first-order valence-electron chi connectivity index (χ1n) is 6.03. The first-order chi connectivity index (χ1) is 10.1. The molecule has 3 N–H and O–H groups in total. The lowest BCUT2D eigenvalue weighted by Crippen LogP contribution is -2.14. The predicted molar refractivity (Wildman–Crippen MR) is 84.6 cm³/mol. The van der Waals surface area contributed by atoms with E-state index < -0.39 is 5.91 Å². The Balaban J connectivity index is 2.24. The number of nitrogens with two attached hydrogens (primary N) is 1. The molecule has 0 radical (unpaired) electrons. The van der Waals surface area contributed by atoms with Gasteiger partial charge in [0.1, 0.15) is 11.5 Å². The average Bonchev–Trinajstić information content (AvgIpc) is 2.45. The van der Waals surface area contributed by atoms with E-state index in [1.54, 1.807) is 36.4 Å². The van der Waals surface area contributed by atoms with Crippen molar-refractivity contribution in [2.24, 2.45) is 5.73 Å². The number of hydrogen-bond acceptors (Lipinski definition) is 3. The fourth-order valence-corrected chi connectivity index (χ4v) is 2.18. The Hall–Kier alpha value is -2.06. The van der Waals surface area contributed by atoms with Crippen LogP contribution in [0.5, 0.6) is 0 Å². The van der Waals surface area contributed by atoms with Crippen LogP contribution in [-0.2, 0) is 0 Å². The van der Waals surface area contributed by atoms with E-state index in [1.165, 1.54) is 0 Å². The number of halogens is 2. The molecule has 1 aromatic carbocycles. The van der Waals surface area contributed by atoms with Crippen LogP contribution in [0, 0.1) is 11.8 Å². The van der Waals surface area contributed by atoms with Gasteiger partial charge in [-0.15, -0.1) is 0 Å². The Labute approximate surface area is 132 Å². The highest BCUT2D eigenvalue weighted by molar-refractivity contribution is 6.40. The van der Waals surface area contributed by atoms with Gasteiger partial charge in [-0.3, -0.25) is 4.79 Å². The van der Waals surface area contributed by atoms with Gasteiger partial charge in [0.05, 0.1) is 22.2 Å². The standard InChI is InChI=1S/C15H11Cl2N3O/c16-11-6-2-7-12(17)14(11)15(21)20-13-8-1-4-10(19-13)5-3-9-18/h1-2,4,6-8H,9,18H2,(H,19,20,21). The van der Waals surface area contributed by atoms with Crippen molar-refractivity contribution in [2.45, 2.75) is 0 Å². The average molecular weight is 320 g/mol. The molecular weight excluding hydrogens is 309 g/mol. The number of carbonyl (C=O) groups excluding carboxylic acids is 1. The van der Waals surface area contributed by atoms with Gasteiger partial charge in [-0.05, 0) is 30.2 Å². The number of anilines is 1. The van der Waals surface area contributed by atoms with Crippen molar-refractivity contribution < 1.29 is 4.79 Å². The minimum absolute atomic E-state index is 0.209. The van der Waals surface area contributed by atoms with Gasteiger partial charge in [0.15, 0.2) is 0 Å². The summed E-state index contributed by atoms with van der Waals surface area (Å²) in [5.74, 6) is 5.42. The number of carbonyl (C=O) groups is 1. The maximum atomic E-state index is 12.2. The molecule has 4 nitrogen and oxygen atoms in total. The third kappa shape index (κ3) is 3.96. The third-order valence-corrected chi connectivity index (χ3v) is 3.13. The zero-order valence-electron chi connectivity index (χ0n) is 10.9. The molecular formula is C15H11Cl2N3O. The molecule has 2 rings (SSSR count). The molecule has 0 saturated carbocycles. The molecule has 1 heterocycles. The molecule has 6 heteroatoms. The SMILES string of the molecule is NCC#Cc1cccc(NC(=O)c2c(Cl)cccc2Cl)n1. The van der Waals surface area contributed by atoms with Crippen molar-refractivity contribution in [2.75, 3.05) is 11.9 Å². The number of benzene rings is 1. The van der Waals surface area contributed by atoms with E-state index in [1.807, 2.05) is 0 Å². The van der Waals surface area contributed by atoms with Gasteiger partial charge >= 0.3 is 0 Å². The van der Waals surface area contributed by atoms with Crippen molar-refractivity contribution >= 4 is 34.9 Å². The van der Waals surface area contributed by atoms with E-state index in [0.717, 1.165) is 0 Å². The largest absolute Gasteiger partial charge is 0.320 e. The van der Waals surface area contributed by atoms with Gasteiger partial charge < -0.3 is 11.1 Å². The minimum atomic E-state index is -0.429. The van der Waals surface area contributed by atoms with E-state index in [9.17, 15) is 4.79 Å². The van der Waals surface area contributed by atoms with E-state index in [2.05, 4.69) is 22.1 Å². The van der Waals surface area contributed by atoms with Gasteiger partial charge in [0, 0.05) is 0 Å². The fourth-order valence-electron chi connectivity index (χ4n) is 1.61. The second-order valence-corrected chi connectivity index (χ2v) is 4.78. The molecule has 0 aliphatic rings. The number of hydrogen-bond donors (Lipinski definition) is 2. The first kappa shape index (κ1) is 15.3. The molecule has 0 aliphatic carbocycles. The molecule has 0 saturated heterocycles. The topological polar surface area (TPSA) is 68.0 Å². The maximum Gasteiger partial charge on any atom is 0.259 e. The molecule has 2 aromatic rings. The minimum Gasteiger partial charge on any atom is -0.320 e. The Morgan fingerprint density at radius 3 is 2.52 bits per heavy atom. The molecule has 0 aliphatic heterocycles. The van der Waals surface area contributed by atoms with Crippen LogP contribution in [0.25, 0.3) is 0 Å². The number of aromatic nitrogens is 1. The highest BCUT2D eigenvalue weighted by atomic mass is 35.5. The molecule has 0 unspecified atom stereocenters. The lowest BCUT2D eigenvalue weighted by atomic mass is 10.2. The summed E-state index contributed by atoms with van der Waals surface area (Å²) in [6.45, 7) is 0.244. The first-order valence-corrected chi connectivity index (χ1v) is 6.79. The number of pyridine rings is 1.